The van der Waals surface area contributed by atoms with Crippen molar-refractivity contribution in [2.75, 3.05) is 32.7 Å². The molecule has 0 spiro atoms. The second-order valence-corrected chi connectivity index (χ2v) is 12.5. The summed E-state index contributed by atoms with van der Waals surface area (Å²) in [5.74, 6) is -1.20. The van der Waals surface area contributed by atoms with Gasteiger partial charge in [-0.25, -0.2) is 0 Å². The Morgan fingerprint density at radius 1 is 0.705 bits per heavy atom. The monoisotopic (exact) mass is 604 g/mol. The topological polar surface area (TPSA) is 130 Å². The Morgan fingerprint density at radius 3 is 2.05 bits per heavy atom. The summed E-state index contributed by atoms with van der Waals surface area (Å²) in [6.45, 7) is 2.31. The lowest BCUT2D eigenvalue weighted by atomic mass is 9.88. The van der Waals surface area contributed by atoms with Crippen molar-refractivity contribution in [3.8, 4) is 11.5 Å². The van der Waals surface area contributed by atoms with Crippen LogP contribution in [0.4, 0.5) is 0 Å². The zero-order chi connectivity index (χ0) is 31.1. The van der Waals surface area contributed by atoms with Gasteiger partial charge in [0.2, 0.25) is 0 Å². The minimum Gasteiger partial charge on any atom is -0.508 e. The Bertz CT molecular complexity index is 1310. The molecule has 1 saturated carbocycles. The molecule has 2 aromatic carbocycles. The first-order valence-electron chi connectivity index (χ1n) is 16.0. The summed E-state index contributed by atoms with van der Waals surface area (Å²) in [7, 11) is 0. The maximum atomic E-state index is 13.5. The largest absolute Gasteiger partial charge is 0.508 e. The van der Waals surface area contributed by atoms with E-state index in [1.165, 1.54) is 19.3 Å². The molecule has 2 aromatic rings. The number of nitrogens with zero attached hydrogens (tertiary/aromatic N) is 3. The second-order valence-electron chi connectivity index (χ2n) is 12.5. The van der Waals surface area contributed by atoms with Gasteiger partial charge in [0, 0.05) is 38.8 Å². The van der Waals surface area contributed by atoms with Gasteiger partial charge in [0.1, 0.15) is 11.5 Å². The number of hydrogen-bond acceptors (Lipinski definition) is 6. The van der Waals surface area contributed by atoms with Crippen LogP contribution in [0.25, 0.3) is 0 Å². The molecule has 0 aromatic heterocycles. The molecule has 5 rings (SSSR count). The number of hydrogen-bond donors (Lipinski definition) is 3. The lowest BCUT2D eigenvalue weighted by Gasteiger charge is -2.42. The van der Waals surface area contributed by atoms with Crippen molar-refractivity contribution in [3.63, 3.8) is 0 Å². The molecule has 2 aliphatic heterocycles. The Morgan fingerprint density at radius 2 is 1.36 bits per heavy atom. The molecule has 0 unspecified atom stereocenters. The third-order valence-electron chi connectivity index (χ3n) is 9.38. The van der Waals surface area contributed by atoms with Crippen LogP contribution in [0.2, 0.25) is 0 Å². The van der Waals surface area contributed by atoms with Gasteiger partial charge in [-0.3, -0.25) is 19.2 Å². The van der Waals surface area contributed by atoms with Gasteiger partial charge >= 0.3 is 23.6 Å². The zero-order valence-corrected chi connectivity index (χ0v) is 25.3. The third-order valence-corrected chi connectivity index (χ3v) is 9.38. The van der Waals surface area contributed by atoms with Crippen LogP contribution in [0.3, 0.4) is 0 Å². The fraction of sp³-hybridized carbons (Fsp3) is 0.529. The normalized spacial score (nSPS) is 21.6. The van der Waals surface area contributed by atoms with E-state index in [1.807, 2.05) is 17.0 Å². The van der Waals surface area contributed by atoms with E-state index in [9.17, 15) is 29.4 Å². The van der Waals surface area contributed by atoms with Crippen molar-refractivity contribution >= 4 is 23.6 Å². The van der Waals surface area contributed by atoms with Crippen LogP contribution in [-0.2, 0) is 32.0 Å². The fourth-order valence-electron chi connectivity index (χ4n) is 6.84. The summed E-state index contributed by atoms with van der Waals surface area (Å²) in [5, 5.41) is 22.0. The van der Waals surface area contributed by atoms with Crippen molar-refractivity contribution in [2.24, 2.45) is 5.92 Å². The molecule has 236 valence electrons. The maximum Gasteiger partial charge on any atom is 0.312 e. The van der Waals surface area contributed by atoms with Crippen LogP contribution in [0, 0.1) is 5.92 Å². The standard InChI is InChI=1S/C34H44N4O6/c39-29-13-9-24(10-14-29)17-19-37-27(21-35-31(41)32(37)42)8-4-5-18-36-23-28(20-25-11-15-30(40)16-12-25)38(34(44)33(36)43)22-26-6-2-1-3-7-26/h9-16,26-28,39-40H,1-8,17-23H2,(H,35,41)/t27-,28-/m0/s1. The van der Waals surface area contributed by atoms with E-state index in [0.29, 0.717) is 64.3 Å². The van der Waals surface area contributed by atoms with Gasteiger partial charge in [-0.15, -0.1) is 0 Å². The highest BCUT2D eigenvalue weighted by Crippen LogP contribution is 2.28. The lowest BCUT2D eigenvalue weighted by Crippen LogP contribution is -2.61. The molecule has 2 atom stereocenters. The van der Waals surface area contributed by atoms with Gasteiger partial charge in [0.15, 0.2) is 0 Å². The number of nitrogens with one attached hydrogen (secondary N) is 1. The predicted octanol–water partition coefficient (Wildman–Crippen LogP) is 3.00. The molecule has 2 heterocycles. The highest BCUT2D eigenvalue weighted by molar-refractivity contribution is 6.36. The molecule has 3 N–H and O–H groups in total. The average Bonchev–Trinajstić information content (AvgIpc) is 3.03. The van der Waals surface area contributed by atoms with Crippen LogP contribution >= 0.6 is 0 Å². The van der Waals surface area contributed by atoms with E-state index in [1.54, 1.807) is 46.2 Å². The first kappa shape index (κ1) is 31.3. The molecular weight excluding hydrogens is 560 g/mol. The number of carbonyl (C=O) groups is 4. The number of phenolic OH excluding ortho intramolecular Hbond substituents is 2. The molecule has 4 amide bonds. The molecule has 10 heteroatoms. The zero-order valence-electron chi connectivity index (χ0n) is 25.3. The van der Waals surface area contributed by atoms with Crippen LogP contribution in [0.15, 0.2) is 48.5 Å². The summed E-state index contributed by atoms with van der Waals surface area (Å²) in [6.07, 6.45) is 9.00. The molecule has 2 saturated heterocycles. The number of unbranched alkanes of at least 4 members (excludes halogenated alkanes) is 1. The summed E-state index contributed by atoms with van der Waals surface area (Å²) in [4.78, 5) is 56.7. The van der Waals surface area contributed by atoms with Gasteiger partial charge in [-0.2, -0.15) is 0 Å². The van der Waals surface area contributed by atoms with Crippen molar-refractivity contribution in [2.45, 2.75) is 76.3 Å². The van der Waals surface area contributed by atoms with Gasteiger partial charge in [0.05, 0.1) is 6.04 Å². The van der Waals surface area contributed by atoms with E-state index in [2.05, 4.69) is 5.32 Å². The van der Waals surface area contributed by atoms with E-state index in [-0.39, 0.29) is 23.6 Å². The Balaban J connectivity index is 1.18. The van der Waals surface area contributed by atoms with Crippen molar-refractivity contribution in [3.05, 3.63) is 59.7 Å². The average molecular weight is 605 g/mol. The predicted molar refractivity (Wildman–Crippen MR) is 165 cm³/mol. The molecule has 44 heavy (non-hydrogen) atoms. The maximum absolute atomic E-state index is 13.5. The molecule has 10 nitrogen and oxygen atoms in total. The van der Waals surface area contributed by atoms with E-state index < -0.39 is 23.6 Å². The summed E-state index contributed by atoms with van der Waals surface area (Å²) in [6, 6.07) is 13.6. The number of aromatic hydroxyl groups is 2. The molecule has 3 aliphatic rings. The molecule has 0 radical (unpaired) electrons. The molecule has 3 fully saturated rings. The molecule has 0 bridgehead atoms. The van der Waals surface area contributed by atoms with Crippen LogP contribution in [0.1, 0.15) is 62.5 Å². The van der Waals surface area contributed by atoms with Crippen LogP contribution in [0.5, 0.6) is 11.5 Å². The highest BCUT2D eigenvalue weighted by Gasteiger charge is 2.40. The fourth-order valence-corrected chi connectivity index (χ4v) is 6.84. The number of phenols is 2. The van der Waals surface area contributed by atoms with E-state index >= 15 is 0 Å². The van der Waals surface area contributed by atoms with Gasteiger partial charge in [-0.05, 0) is 86.3 Å². The first-order chi connectivity index (χ1) is 21.3. The van der Waals surface area contributed by atoms with Gasteiger partial charge in [-0.1, -0.05) is 43.5 Å². The Labute approximate surface area is 259 Å². The smallest absolute Gasteiger partial charge is 0.312 e. The van der Waals surface area contributed by atoms with E-state index in [4.69, 9.17) is 0 Å². The number of amides is 4. The minimum absolute atomic E-state index is 0.131. The SMILES string of the molecule is O=C1NC[C@H](CCCCN2C[C@H](Cc3ccc(O)cc3)N(CC3CCCCC3)C(=O)C2=O)N(CCc2ccc(O)cc2)C1=O. The number of piperazine rings is 2. The minimum atomic E-state index is -0.596. The van der Waals surface area contributed by atoms with Crippen molar-refractivity contribution in [1.29, 1.82) is 0 Å². The van der Waals surface area contributed by atoms with Crippen molar-refractivity contribution < 1.29 is 29.4 Å². The molecular formula is C34H44N4O6. The summed E-state index contributed by atoms with van der Waals surface area (Å²) >= 11 is 0. The Kier molecular flexibility index (Phi) is 10.4. The first-order valence-corrected chi connectivity index (χ1v) is 16.0. The highest BCUT2D eigenvalue weighted by atomic mass is 16.3. The lowest BCUT2D eigenvalue weighted by molar-refractivity contribution is -0.159. The molecule has 1 aliphatic carbocycles. The quantitative estimate of drug-likeness (QED) is 0.252. The van der Waals surface area contributed by atoms with E-state index in [0.717, 1.165) is 30.4 Å². The number of benzene rings is 2. The van der Waals surface area contributed by atoms with Crippen molar-refractivity contribution in [1.82, 2.24) is 20.0 Å². The van der Waals surface area contributed by atoms with Gasteiger partial charge in [0.25, 0.3) is 0 Å². The van der Waals surface area contributed by atoms with Crippen LogP contribution < -0.4 is 5.32 Å². The number of rotatable bonds is 12. The Hall–Kier alpha value is -4.08. The summed E-state index contributed by atoms with van der Waals surface area (Å²) in [5.41, 5.74) is 1.98. The third kappa shape index (κ3) is 7.89. The van der Waals surface area contributed by atoms with Gasteiger partial charge < -0.3 is 30.2 Å². The second kappa shape index (κ2) is 14.6. The number of carbonyl (C=O) groups excluding carboxylic acids is 4. The summed E-state index contributed by atoms with van der Waals surface area (Å²) < 4.78 is 0. The van der Waals surface area contributed by atoms with Crippen LogP contribution in [-0.4, -0.2) is 93.3 Å².